The van der Waals surface area contributed by atoms with E-state index in [1.807, 2.05) is 5.38 Å². The van der Waals surface area contributed by atoms with Crippen molar-refractivity contribution in [2.45, 2.75) is 39.2 Å². The van der Waals surface area contributed by atoms with Crippen LogP contribution in [0, 0.1) is 0 Å². The van der Waals surface area contributed by atoms with E-state index in [1.54, 1.807) is 23.5 Å². The topological polar surface area (TPSA) is 79.3 Å². The molecule has 0 saturated carbocycles. The van der Waals surface area contributed by atoms with Crippen molar-refractivity contribution in [2.24, 2.45) is 0 Å². The van der Waals surface area contributed by atoms with Crippen LogP contribution in [0.2, 0.25) is 0 Å². The van der Waals surface area contributed by atoms with Gasteiger partial charge in [0.25, 0.3) is 0 Å². The van der Waals surface area contributed by atoms with Crippen molar-refractivity contribution in [3.05, 3.63) is 38.0 Å². The molecule has 2 rings (SSSR count). The molecule has 0 radical (unpaired) electrons. The molecule has 0 atom stereocenters. The minimum atomic E-state index is -0.945. The number of hydrogen-bond donors (Lipinski definition) is 2. The molecule has 0 saturated heterocycles. The van der Waals surface area contributed by atoms with Gasteiger partial charge in [-0.05, 0) is 12.1 Å². The number of aromatic nitrogens is 1. The third-order valence-electron chi connectivity index (χ3n) is 2.87. The minimum absolute atomic E-state index is 0.0103. The van der Waals surface area contributed by atoms with Crippen LogP contribution in [0.1, 0.15) is 46.0 Å². The zero-order valence-electron chi connectivity index (χ0n) is 12.7. The van der Waals surface area contributed by atoms with Crippen molar-refractivity contribution in [1.82, 2.24) is 10.3 Å². The van der Waals surface area contributed by atoms with Crippen molar-refractivity contribution in [1.29, 1.82) is 0 Å². The van der Waals surface area contributed by atoms with E-state index in [0.717, 1.165) is 15.6 Å². The van der Waals surface area contributed by atoms with Gasteiger partial charge in [-0.15, -0.1) is 22.7 Å². The van der Waals surface area contributed by atoms with Crippen LogP contribution in [0.4, 0.5) is 0 Å². The average Bonchev–Trinajstić information content (AvgIpc) is 3.04. The van der Waals surface area contributed by atoms with Crippen LogP contribution in [0.25, 0.3) is 0 Å². The second-order valence-corrected chi connectivity index (χ2v) is 7.95. The summed E-state index contributed by atoms with van der Waals surface area (Å²) in [7, 11) is 0. The molecule has 22 heavy (non-hydrogen) atoms. The molecule has 2 aromatic rings. The number of hydrogen-bond acceptors (Lipinski definition) is 5. The van der Waals surface area contributed by atoms with Gasteiger partial charge in [0.15, 0.2) is 0 Å². The lowest BCUT2D eigenvalue weighted by molar-refractivity contribution is -0.120. The molecule has 7 heteroatoms. The van der Waals surface area contributed by atoms with Crippen molar-refractivity contribution < 1.29 is 14.7 Å². The summed E-state index contributed by atoms with van der Waals surface area (Å²) >= 11 is 2.73. The molecule has 1 amide bonds. The van der Waals surface area contributed by atoms with E-state index in [1.165, 1.54) is 11.3 Å². The Bertz CT molecular complexity index is 683. The lowest BCUT2D eigenvalue weighted by Gasteiger charge is -2.13. The van der Waals surface area contributed by atoms with Gasteiger partial charge in [-0.1, -0.05) is 20.8 Å². The number of nitrogens with one attached hydrogen (secondary N) is 1. The highest BCUT2D eigenvalue weighted by atomic mass is 32.1. The third-order valence-corrected chi connectivity index (χ3v) is 5.26. The molecule has 5 nitrogen and oxygen atoms in total. The molecule has 2 aromatic heterocycles. The maximum Gasteiger partial charge on any atom is 0.345 e. The normalized spacial score (nSPS) is 11.4. The molecule has 2 heterocycles. The van der Waals surface area contributed by atoms with E-state index >= 15 is 0 Å². The Labute approximate surface area is 137 Å². The number of carbonyl (C=O) groups is 2. The Balaban J connectivity index is 1.87. The highest BCUT2D eigenvalue weighted by Crippen LogP contribution is 2.25. The first-order valence-corrected chi connectivity index (χ1v) is 8.49. The maximum absolute atomic E-state index is 11.9. The number of carbonyl (C=O) groups excluding carboxylic acids is 1. The molecule has 118 valence electrons. The lowest BCUT2D eigenvalue weighted by Crippen LogP contribution is -2.24. The zero-order chi connectivity index (χ0) is 16.3. The SMILES string of the molecule is CC(C)(C)c1nc(CC(=O)NCc2ccc(C(=O)O)s2)cs1. The number of thiazole rings is 1. The summed E-state index contributed by atoms with van der Waals surface area (Å²) < 4.78 is 0. The second kappa shape index (κ2) is 6.58. The summed E-state index contributed by atoms with van der Waals surface area (Å²) in [4.78, 5) is 28.3. The van der Waals surface area contributed by atoms with Crippen LogP contribution in [0.3, 0.4) is 0 Å². The second-order valence-electron chi connectivity index (χ2n) is 5.92. The number of carboxylic acids is 1. The summed E-state index contributed by atoms with van der Waals surface area (Å²) in [6, 6.07) is 3.26. The van der Waals surface area contributed by atoms with Crippen molar-refractivity contribution >= 4 is 34.6 Å². The van der Waals surface area contributed by atoms with Crippen molar-refractivity contribution in [3.8, 4) is 0 Å². The van der Waals surface area contributed by atoms with Gasteiger partial charge >= 0.3 is 5.97 Å². The fourth-order valence-electron chi connectivity index (χ4n) is 1.73. The van der Waals surface area contributed by atoms with Crippen LogP contribution < -0.4 is 5.32 Å². The molecule has 0 bridgehead atoms. The number of nitrogens with zero attached hydrogens (tertiary/aromatic N) is 1. The molecule has 0 aromatic carbocycles. The smallest absolute Gasteiger partial charge is 0.345 e. The quantitative estimate of drug-likeness (QED) is 0.878. The Morgan fingerprint density at radius 3 is 2.59 bits per heavy atom. The van der Waals surface area contributed by atoms with Crippen LogP contribution in [-0.4, -0.2) is 22.0 Å². The molecule has 2 N–H and O–H groups in total. The van der Waals surface area contributed by atoms with E-state index in [-0.39, 0.29) is 22.6 Å². The van der Waals surface area contributed by atoms with Crippen LogP contribution in [-0.2, 0) is 23.2 Å². The summed E-state index contributed by atoms with van der Waals surface area (Å²) in [6.45, 7) is 6.61. The Morgan fingerprint density at radius 1 is 1.32 bits per heavy atom. The predicted molar refractivity (Wildman–Crippen MR) is 87.6 cm³/mol. The summed E-state index contributed by atoms with van der Waals surface area (Å²) in [6.07, 6.45) is 0.240. The van der Waals surface area contributed by atoms with Crippen LogP contribution in [0.5, 0.6) is 0 Å². The van der Waals surface area contributed by atoms with Gasteiger partial charge < -0.3 is 10.4 Å². The van der Waals surface area contributed by atoms with E-state index in [4.69, 9.17) is 5.11 Å². The Kier molecular flexibility index (Phi) is 4.97. The molecule has 0 unspecified atom stereocenters. The fraction of sp³-hybridized carbons (Fsp3) is 0.400. The number of amides is 1. The fourth-order valence-corrected chi connectivity index (χ4v) is 3.43. The Morgan fingerprint density at radius 2 is 2.05 bits per heavy atom. The minimum Gasteiger partial charge on any atom is -0.477 e. The van der Waals surface area contributed by atoms with Crippen molar-refractivity contribution in [2.75, 3.05) is 0 Å². The molecule has 0 spiro atoms. The van der Waals surface area contributed by atoms with Gasteiger partial charge in [-0.25, -0.2) is 9.78 Å². The summed E-state index contributed by atoms with van der Waals surface area (Å²) in [5.74, 6) is -1.06. The third kappa shape index (κ3) is 4.38. The van der Waals surface area contributed by atoms with Gasteiger partial charge in [0.2, 0.25) is 5.91 Å². The van der Waals surface area contributed by atoms with Gasteiger partial charge in [0.1, 0.15) is 4.88 Å². The van der Waals surface area contributed by atoms with E-state index in [2.05, 4.69) is 31.1 Å². The van der Waals surface area contributed by atoms with Gasteiger partial charge in [-0.2, -0.15) is 0 Å². The molecule has 0 fully saturated rings. The van der Waals surface area contributed by atoms with E-state index in [0.29, 0.717) is 6.54 Å². The van der Waals surface area contributed by atoms with Gasteiger partial charge in [0.05, 0.1) is 23.7 Å². The van der Waals surface area contributed by atoms with E-state index < -0.39 is 5.97 Å². The van der Waals surface area contributed by atoms with E-state index in [9.17, 15) is 9.59 Å². The number of rotatable bonds is 5. The maximum atomic E-state index is 11.9. The number of carboxylic acid groups (broad SMARTS) is 1. The molecule has 0 aliphatic rings. The predicted octanol–water partition coefficient (Wildman–Crippen LogP) is 3.06. The highest BCUT2D eigenvalue weighted by molar-refractivity contribution is 7.13. The first kappa shape index (κ1) is 16.6. The largest absolute Gasteiger partial charge is 0.477 e. The first-order chi connectivity index (χ1) is 10.3. The molecule has 0 aliphatic carbocycles. The van der Waals surface area contributed by atoms with Crippen LogP contribution >= 0.6 is 22.7 Å². The number of thiophene rings is 1. The molecule has 0 aliphatic heterocycles. The highest BCUT2D eigenvalue weighted by Gasteiger charge is 2.18. The average molecular weight is 338 g/mol. The molecular weight excluding hydrogens is 320 g/mol. The molecular formula is C15H18N2O3S2. The van der Waals surface area contributed by atoms with Gasteiger partial charge in [0, 0.05) is 15.7 Å². The van der Waals surface area contributed by atoms with Gasteiger partial charge in [-0.3, -0.25) is 4.79 Å². The standard InChI is InChI=1S/C15H18N2O3S2/c1-15(2,3)14-17-9(8-21-14)6-12(18)16-7-10-4-5-11(22-10)13(19)20/h4-5,8H,6-7H2,1-3H3,(H,16,18)(H,19,20). The zero-order valence-corrected chi connectivity index (χ0v) is 14.3. The number of aromatic carboxylic acids is 1. The van der Waals surface area contributed by atoms with Crippen molar-refractivity contribution in [3.63, 3.8) is 0 Å². The first-order valence-electron chi connectivity index (χ1n) is 6.79. The lowest BCUT2D eigenvalue weighted by atomic mass is 9.98. The van der Waals surface area contributed by atoms with Crippen LogP contribution in [0.15, 0.2) is 17.5 Å². The Hall–Kier alpha value is -1.73. The summed E-state index contributed by atoms with van der Waals surface area (Å²) in [5.41, 5.74) is 0.758. The monoisotopic (exact) mass is 338 g/mol. The summed E-state index contributed by atoms with van der Waals surface area (Å²) in [5, 5.41) is 14.6.